The molecule has 1 N–H and O–H groups in total. The van der Waals surface area contributed by atoms with E-state index in [1.165, 1.54) is 0 Å². The first-order valence-corrected chi connectivity index (χ1v) is 7.30. The minimum atomic E-state index is 0.741. The Kier molecular flexibility index (Phi) is 3.89. The van der Waals surface area contributed by atoms with Gasteiger partial charge in [0.2, 0.25) is 0 Å². The maximum atomic E-state index is 9.44. The summed E-state index contributed by atoms with van der Waals surface area (Å²) >= 11 is 0. The van der Waals surface area contributed by atoms with E-state index >= 15 is 0 Å². The number of anilines is 1. The van der Waals surface area contributed by atoms with Crippen LogP contribution in [0.1, 0.15) is 23.9 Å². The van der Waals surface area contributed by atoms with Crippen LogP contribution in [0.3, 0.4) is 0 Å². The molecule has 0 saturated carbocycles. The zero-order valence-corrected chi connectivity index (χ0v) is 12.2. The van der Waals surface area contributed by atoms with E-state index in [0.29, 0.717) is 0 Å². The van der Waals surface area contributed by atoms with Crippen LogP contribution in [0, 0.1) is 11.3 Å². The van der Waals surface area contributed by atoms with E-state index in [-0.39, 0.29) is 0 Å². The summed E-state index contributed by atoms with van der Waals surface area (Å²) in [6.07, 6.45) is 3.85. The van der Waals surface area contributed by atoms with Gasteiger partial charge in [0.05, 0.1) is 17.8 Å². The molecule has 0 bridgehead atoms. The fraction of sp³-hybridized carbons (Fsp3) is 0.375. The SMILES string of the molecule is CCNCc1ccc(N2CCn3ccnc3C2)c(C#N)c1. The zero-order chi connectivity index (χ0) is 14.7. The number of nitriles is 1. The number of nitrogens with zero attached hydrogens (tertiary/aromatic N) is 4. The van der Waals surface area contributed by atoms with Crippen molar-refractivity contribution in [2.45, 2.75) is 26.6 Å². The van der Waals surface area contributed by atoms with E-state index in [1.807, 2.05) is 18.5 Å². The largest absolute Gasteiger partial charge is 0.361 e. The third-order valence-corrected chi connectivity index (χ3v) is 3.85. The minimum Gasteiger partial charge on any atom is -0.361 e. The minimum absolute atomic E-state index is 0.741. The maximum absolute atomic E-state index is 9.44. The molecule has 5 nitrogen and oxygen atoms in total. The van der Waals surface area contributed by atoms with Crippen molar-refractivity contribution in [1.29, 1.82) is 5.26 Å². The first-order valence-electron chi connectivity index (χ1n) is 7.30. The van der Waals surface area contributed by atoms with E-state index in [1.54, 1.807) is 0 Å². The van der Waals surface area contributed by atoms with Crippen molar-refractivity contribution in [3.05, 3.63) is 47.5 Å². The molecule has 21 heavy (non-hydrogen) atoms. The van der Waals surface area contributed by atoms with Crippen molar-refractivity contribution in [2.24, 2.45) is 0 Å². The lowest BCUT2D eigenvalue weighted by Gasteiger charge is -2.30. The number of imidazole rings is 1. The zero-order valence-electron chi connectivity index (χ0n) is 12.2. The summed E-state index contributed by atoms with van der Waals surface area (Å²) in [4.78, 5) is 6.61. The lowest BCUT2D eigenvalue weighted by Crippen LogP contribution is -2.34. The first kappa shape index (κ1) is 13.7. The quantitative estimate of drug-likeness (QED) is 0.929. The van der Waals surface area contributed by atoms with Crippen LogP contribution >= 0.6 is 0 Å². The molecule has 1 aliphatic rings. The fourth-order valence-corrected chi connectivity index (χ4v) is 2.71. The summed E-state index contributed by atoms with van der Waals surface area (Å²) in [6, 6.07) is 8.47. The molecule has 0 amide bonds. The predicted molar refractivity (Wildman–Crippen MR) is 81.8 cm³/mol. The van der Waals surface area contributed by atoms with Crippen molar-refractivity contribution in [2.75, 3.05) is 18.0 Å². The molecule has 0 aliphatic carbocycles. The molecule has 0 radical (unpaired) electrons. The van der Waals surface area contributed by atoms with Gasteiger partial charge >= 0.3 is 0 Å². The topological polar surface area (TPSA) is 56.9 Å². The highest BCUT2D eigenvalue weighted by atomic mass is 15.2. The highest BCUT2D eigenvalue weighted by Crippen LogP contribution is 2.25. The summed E-state index contributed by atoms with van der Waals surface area (Å²) in [5, 5.41) is 12.7. The van der Waals surface area contributed by atoms with Crippen molar-refractivity contribution in [1.82, 2.24) is 14.9 Å². The number of nitrogens with one attached hydrogen (secondary N) is 1. The molecule has 3 rings (SSSR count). The van der Waals surface area contributed by atoms with Gasteiger partial charge in [0.15, 0.2) is 0 Å². The third kappa shape index (κ3) is 2.76. The van der Waals surface area contributed by atoms with Crippen LogP contribution in [0.5, 0.6) is 0 Å². The molecule has 2 heterocycles. The lowest BCUT2D eigenvalue weighted by atomic mass is 10.1. The highest BCUT2D eigenvalue weighted by Gasteiger charge is 2.19. The molecule has 0 unspecified atom stereocenters. The van der Waals surface area contributed by atoms with Crippen LogP contribution in [0.15, 0.2) is 30.6 Å². The number of hydrogen-bond acceptors (Lipinski definition) is 4. The van der Waals surface area contributed by atoms with Crippen LogP contribution < -0.4 is 10.2 Å². The molecule has 5 heteroatoms. The molecular formula is C16H19N5. The molecule has 0 saturated heterocycles. The van der Waals surface area contributed by atoms with Crippen LogP contribution in [0.4, 0.5) is 5.69 Å². The molecule has 1 aromatic carbocycles. The number of hydrogen-bond donors (Lipinski definition) is 1. The lowest BCUT2D eigenvalue weighted by molar-refractivity contribution is 0.559. The average molecular weight is 281 g/mol. The standard InChI is InChI=1S/C16H19N5/c1-2-18-11-13-3-4-15(14(9-13)10-17)21-8-7-20-6-5-19-16(20)12-21/h3-6,9,18H,2,7-8,11-12H2,1H3. The highest BCUT2D eigenvalue weighted by molar-refractivity contribution is 5.60. The third-order valence-electron chi connectivity index (χ3n) is 3.85. The van der Waals surface area contributed by atoms with Gasteiger partial charge < -0.3 is 14.8 Å². The van der Waals surface area contributed by atoms with Gasteiger partial charge in [-0.1, -0.05) is 13.0 Å². The molecule has 0 atom stereocenters. The Morgan fingerprint density at radius 1 is 1.38 bits per heavy atom. The van der Waals surface area contributed by atoms with Crippen molar-refractivity contribution < 1.29 is 0 Å². The first-order chi connectivity index (χ1) is 10.3. The molecule has 0 spiro atoms. The van der Waals surface area contributed by atoms with Gasteiger partial charge in [0, 0.05) is 32.0 Å². The van der Waals surface area contributed by atoms with Crippen molar-refractivity contribution >= 4 is 5.69 Å². The Morgan fingerprint density at radius 2 is 2.29 bits per heavy atom. The summed E-state index contributed by atoms with van der Waals surface area (Å²) in [7, 11) is 0. The smallest absolute Gasteiger partial charge is 0.128 e. The van der Waals surface area contributed by atoms with Crippen LogP contribution in [0.25, 0.3) is 0 Å². The second kappa shape index (κ2) is 5.98. The molecule has 2 aromatic rings. The van der Waals surface area contributed by atoms with Gasteiger partial charge in [-0.25, -0.2) is 4.98 Å². The predicted octanol–water partition coefficient (Wildman–Crippen LogP) is 1.88. The average Bonchev–Trinajstić information content (AvgIpc) is 3.00. The number of fused-ring (bicyclic) bond motifs is 1. The van der Waals surface area contributed by atoms with Gasteiger partial charge in [-0.15, -0.1) is 0 Å². The molecule has 1 aromatic heterocycles. The van der Waals surface area contributed by atoms with Crippen LogP contribution in [-0.4, -0.2) is 22.6 Å². The van der Waals surface area contributed by atoms with Crippen LogP contribution in [-0.2, 0) is 19.6 Å². The fourth-order valence-electron chi connectivity index (χ4n) is 2.71. The Bertz CT molecular complexity index is 668. The second-order valence-electron chi connectivity index (χ2n) is 5.20. The normalized spacial score (nSPS) is 13.8. The van der Waals surface area contributed by atoms with Crippen LogP contribution in [0.2, 0.25) is 0 Å². The van der Waals surface area contributed by atoms with E-state index in [0.717, 1.165) is 55.4 Å². The summed E-state index contributed by atoms with van der Waals surface area (Å²) in [5.41, 5.74) is 2.90. The van der Waals surface area contributed by atoms with Gasteiger partial charge in [0.1, 0.15) is 11.9 Å². The Morgan fingerprint density at radius 3 is 3.10 bits per heavy atom. The Labute approximate surface area is 124 Å². The summed E-state index contributed by atoms with van der Waals surface area (Å²) in [5.74, 6) is 1.06. The van der Waals surface area contributed by atoms with Crippen molar-refractivity contribution in [3.63, 3.8) is 0 Å². The van der Waals surface area contributed by atoms with E-state index in [9.17, 15) is 5.26 Å². The van der Waals surface area contributed by atoms with Gasteiger partial charge in [0.25, 0.3) is 0 Å². The number of rotatable bonds is 4. The molecule has 1 aliphatic heterocycles. The van der Waals surface area contributed by atoms with Gasteiger partial charge in [-0.05, 0) is 24.2 Å². The number of benzene rings is 1. The number of aromatic nitrogens is 2. The van der Waals surface area contributed by atoms with Gasteiger partial charge in [-0.2, -0.15) is 5.26 Å². The molecular weight excluding hydrogens is 262 g/mol. The molecule has 0 fully saturated rings. The van der Waals surface area contributed by atoms with Crippen molar-refractivity contribution in [3.8, 4) is 6.07 Å². The van der Waals surface area contributed by atoms with E-state index < -0.39 is 0 Å². The summed E-state index contributed by atoms with van der Waals surface area (Å²) in [6.45, 7) is 6.39. The maximum Gasteiger partial charge on any atom is 0.128 e. The monoisotopic (exact) mass is 281 g/mol. The second-order valence-corrected chi connectivity index (χ2v) is 5.20. The summed E-state index contributed by atoms with van der Waals surface area (Å²) < 4.78 is 2.17. The Hall–Kier alpha value is -2.32. The van der Waals surface area contributed by atoms with E-state index in [4.69, 9.17) is 0 Å². The van der Waals surface area contributed by atoms with Gasteiger partial charge in [-0.3, -0.25) is 0 Å². The van der Waals surface area contributed by atoms with E-state index in [2.05, 4.69) is 44.9 Å². The Balaban J connectivity index is 1.84. The molecule has 108 valence electrons.